The molecule has 1 rings (SSSR count). The maximum absolute atomic E-state index is 12.3. The van der Waals surface area contributed by atoms with Crippen LogP contribution in [-0.2, 0) is 9.53 Å². The van der Waals surface area contributed by atoms with Crippen LogP contribution in [0.3, 0.4) is 0 Å². The second-order valence-electron chi connectivity index (χ2n) is 7.44. The van der Waals surface area contributed by atoms with Gasteiger partial charge in [-0.2, -0.15) is 0 Å². The first-order chi connectivity index (χ1) is 11.5. The maximum Gasteiger partial charge on any atom is 0.329 e. The van der Waals surface area contributed by atoms with Crippen LogP contribution in [0.15, 0.2) is 24.3 Å². The number of carbonyl (C=O) groups is 2. The molecule has 4 nitrogen and oxygen atoms in total. The molecule has 0 spiro atoms. The van der Waals surface area contributed by atoms with Crippen LogP contribution < -0.4 is 5.32 Å². The highest BCUT2D eigenvalue weighted by molar-refractivity contribution is 6.87. The molecule has 1 atom stereocenters. The average molecular weight is 380 g/mol. The standard InChI is InChI=1S/C19H26ClNO3Si/c1-19(2,3)25(5,6)13-7-8-16(18(23)24-4)21-17(22)14-9-11-15(20)12-10-14/h9-12,16H,8H2,1-6H3,(H,21,22)/t16-/m1/s1. The van der Waals surface area contributed by atoms with Gasteiger partial charge in [-0.05, 0) is 29.3 Å². The number of carbonyl (C=O) groups excluding carboxylic acids is 2. The topological polar surface area (TPSA) is 55.4 Å². The molecule has 0 saturated heterocycles. The van der Waals surface area contributed by atoms with E-state index in [1.807, 2.05) is 0 Å². The van der Waals surface area contributed by atoms with Crippen LogP contribution in [0.25, 0.3) is 0 Å². The molecule has 1 aromatic carbocycles. The summed E-state index contributed by atoms with van der Waals surface area (Å²) in [4.78, 5) is 24.3. The number of esters is 1. The quantitative estimate of drug-likeness (QED) is 0.487. The first-order valence-electron chi connectivity index (χ1n) is 8.12. The van der Waals surface area contributed by atoms with Crippen LogP contribution in [0.2, 0.25) is 23.2 Å². The summed E-state index contributed by atoms with van der Waals surface area (Å²) in [6.45, 7) is 10.9. The minimum atomic E-state index is -1.77. The Labute approximate surface area is 156 Å². The van der Waals surface area contributed by atoms with Crippen molar-refractivity contribution in [1.82, 2.24) is 5.32 Å². The van der Waals surface area contributed by atoms with Gasteiger partial charge in [0.2, 0.25) is 0 Å². The SMILES string of the molecule is COC(=O)[C@@H](CC#C[Si](C)(C)C(C)(C)C)NC(=O)c1ccc(Cl)cc1. The van der Waals surface area contributed by atoms with Gasteiger partial charge in [0.15, 0.2) is 0 Å². The number of ether oxygens (including phenoxy) is 1. The van der Waals surface area contributed by atoms with Gasteiger partial charge < -0.3 is 10.1 Å². The van der Waals surface area contributed by atoms with Crippen LogP contribution in [0.4, 0.5) is 0 Å². The van der Waals surface area contributed by atoms with E-state index >= 15 is 0 Å². The average Bonchev–Trinajstić information content (AvgIpc) is 2.52. The van der Waals surface area contributed by atoms with Crippen molar-refractivity contribution in [1.29, 1.82) is 0 Å². The van der Waals surface area contributed by atoms with Crippen LogP contribution in [0, 0.1) is 11.5 Å². The summed E-state index contributed by atoms with van der Waals surface area (Å²) in [5.74, 6) is 2.22. The summed E-state index contributed by atoms with van der Waals surface area (Å²) in [5, 5.41) is 3.36. The zero-order valence-corrected chi connectivity index (χ0v) is 17.5. The van der Waals surface area contributed by atoms with Gasteiger partial charge in [0, 0.05) is 17.0 Å². The molecule has 1 aromatic rings. The van der Waals surface area contributed by atoms with Gasteiger partial charge in [0.05, 0.1) is 7.11 Å². The van der Waals surface area contributed by atoms with E-state index in [-0.39, 0.29) is 17.4 Å². The lowest BCUT2D eigenvalue weighted by atomic mass is 10.1. The summed E-state index contributed by atoms with van der Waals surface area (Å²) in [6, 6.07) is 5.66. The van der Waals surface area contributed by atoms with Gasteiger partial charge in [-0.3, -0.25) is 4.79 Å². The fraction of sp³-hybridized carbons (Fsp3) is 0.474. The maximum atomic E-state index is 12.3. The van der Waals surface area contributed by atoms with Crippen molar-refractivity contribution in [2.24, 2.45) is 0 Å². The number of hydrogen-bond donors (Lipinski definition) is 1. The monoisotopic (exact) mass is 379 g/mol. The van der Waals surface area contributed by atoms with E-state index in [4.69, 9.17) is 16.3 Å². The number of hydrogen-bond acceptors (Lipinski definition) is 3. The highest BCUT2D eigenvalue weighted by Gasteiger charge is 2.33. The zero-order valence-electron chi connectivity index (χ0n) is 15.7. The number of nitrogens with one attached hydrogen (secondary N) is 1. The highest BCUT2D eigenvalue weighted by Crippen LogP contribution is 2.35. The summed E-state index contributed by atoms with van der Waals surface area (Å²) < 4.78 is 4.79. The molecular formula is C19H26ClNO3Si. The smallest absolute Gasteiger partial charge is 0.329 e. The number of rotatable bonds is 4. The van der Waals surface area contributed by atoms with Crippen molar-refractivity contribution in [3.05, 3.63) is 34.9 Å². The second-order valence-corrected chi connectivity index (χ2v) is 12.9. The highest BCUT2D eigenvalue weighted by atomic mass is 35.5. The van der Waals surface area contributed by atoms with E-state index in [9.17, 15) is 9.59 Å². The lowest BCUT2D eigenvalue weighted by Gasteiger charge is -2.31. The minimum absolute atomic E-state index is 0.132. The van der Waals surface area contributed by atoms with Crippen molar-refractivity contribution in [3.8, 4) is 11.5 Å². The molecule has 0 fully saturated rings. The molecule has 0 aliphatic heterocycles. The van der Waals surface area contributed by atoms with Crippen LogP contribution in [0.1, 0.15) is 37.6 Å². The molecule has 0 heterocycles. The number of halogens is 1. The molecule has 1 N–H and O–H groups in total. The van der Waals surface area contributed by atoms with Crippen molar-refractivity contribution >= 4 is 31.6 Å². The fourth-order valence-electron chi connectivity index (χ4n) is 1.74. The van der Waals surface area contributed by atoms with Crippen LogP contribution in [0.5, 0.6) is 0 Å². The van der Waals surface area contributed by atoms with Gasteiger partial charge in [0.25, 0.3) is 5.91 Å². The fourth-order valence-corrected chi connectivity index (χ4v) is 2.78. The predicted octanol–water partition coefficient (Wildman–Crippen LogP) is 4.05. The Kier molecular flexibility index (Phi) is 7.27. The van der Waals surface area contributed by atoms with Crippen molar-refractivity contribution in [2.75, 3.05) is 7.11 Å². The molecule has 136 valence electrons. The number of amides is 1. The van der Waals surface area contributed by atoms with Gasteiger partial charge in [-0.25, -0.2) is 4.79 Å². The first kappa shape index (κ1) is 21.3. The van der Waals surface area contributed by atoms with Gasteiger partial charge in [-0.1, -0.05) is 45.5 Å². The predicted molar refractivity (Wildman–Crippen MR) is 104 cm³/mol. The summed E-state index contributed by atoms with van der Waals surface area (Å²) in [6.07, 6.45) is 0.221. The van der Waals surface area contributed by atoms with Crippen molar-refractivity contribution in [3.63, 3.8) is 0 Å². The van der Waals surface area contributed by atoms with Gasteiger partial charge >= 0.3 is 5.97 Å². The lowest BCUT2D eigenvalue weighted by molar-refractivity contribution is -0.142. The molecule has 0 saturated carbocycles. The van der Waals surface area contributed by atoms with E-state index in [1.54, 1.807) is 24.3 Å². The second kappa shape index (κ2) is 8.55. The van der Waals surface area contributed by atoms with E-state index in [1.165, 1.54) is 7.11 Å². The zero-order chi connectivity index (χ0) is 19.3. The third kappa shape index (κ3) is 6.22. The van der Waals surface area contributed by atoms with E-state index in [0.717, 1.165) is 0 Å². The summed E-state index contributed by atoms with van der Waals surface area (Å²) in [7, 11) is -0.471. The van der Waals surface area contributed by atoms with E-state index in [2.05, 4.69) is 50.6 Å². The third-order valence-corrected chi connectivity index (χ3v) is 9.28. The molecule has 0 unspecified atom stereocenters. The molecule has 0 aliphatic rings. The number of benzene rings is 1. The van der Waals surface area contributed by atoms with Crippen molar-refractivity contribution in [2.45, 2.75) is 51.4 Å². The molecule has 6 heteroatoms. The molecule has 0 aliphatic carbocycles. The van der Waals surface area contributed by atoms with Crippen LogP contribution in [-0.4, -0.2) is 33.1 Å². The third-order valence-electron chi connectivity index (χ3n) is 4.48. The molecule has 25 heavy (non-hydrogen) atoms. The molecule has 0 radical (unpaired) electrons. The molecule has 0 bridgehead atoms. The van der Waals surface area contributed by atoms with Gasteiger partial charge in [-0.15, -0.1) is 11.5 Å². The Morgan fingerprint density at radius 1 is 1.24 bits per heavy atom. The molecular weight excluding hydrogens is 354 g/mol. The Balaban J connectivity index is 2.88. The van der Waals surface area contributed by atoms with Crippen molar-refractivity contribution < 1.29 is 14.3 Å². The first-order valence-corrected chi connectivity index (χ1v) is 11.5. The normalized spacial score (nSPS) is 12.6. The van der Waals surface area contributed by atoms with Gasteiger partial charge in [0.1, 0.15) is 14.1 Å². The Bertz CT molecular complexity index is 681. The molecule has 0 aromatic heterocycles. The summed E-state index contributed by atoms with van der Waals surface area (Å²) >= 11 is 5.82. The molecule has 1 amide bonds. The summed E-state index contributed by atoms with van der Waals surface area (Å²) in [5.41, 5.74) is 3.77. The Morgan fingerprint density at radius 3 is 2.28 bits per heavy atom. The number of methoxy groups -OCH3 is 1. The van der Waals surface area contributed by atoms with E-state index < -0.39 is 20.1 Å². The Hall–Kier alpha value is -1.77. The minimum Gasteiger partial charge on any atom is -0.467 e. The van der Waals surface area contributed by atoms with E-state index in [0.29, 0.717) is 10.6 Å². The largest absolute Gasteiger partial charge is 0.467 e. The lowest BCUT2D eigenvalue weighted by Crippen LogP contribution is -2.41. The van der Waals surface area contributed by atoms with Crippen LogP contribution >= 0.6 is 11.6 Å². The Morgan fingerprint density at radius 2 is 1.80 bits per heavy atom.